The SMILES string of the molecule is CCNC(C)(CO)CCSc1nc(CC)ns1. The molecule has 2 N–H and O–H groups in total. The topological polar surface area (TPSA) is 58.0 Å². The summed E-state index contributed by atoms with van der Waals surface area (Å²) >= 11 is 3.18. The number of likely N-dealkylation sites (N-methyl/N-ethyl adjacent to an activating group) is 1. The highest BCUT2D eigenvalue weighted by molar-refractivity contribution is 8.00. The minimum Gasteiger partial charge on any atom is -0.394 e. The fourth-order valence-electron chi connectivity index (χ4n) is 1.45. The lowest BCUT2D eigenvalue weighted by molar-refractivity contribution is 0.173. The van der Waals surface area contributed by atoms with Crippen molar-refractivity contribution < 1.29 is 5.11 Å². The fraction of sp³-hybridized carbons (Fsp3) is 0.818. The molecule has 98 valence electrons. The van der Waals surface area contributed by atoms with E-state index in [0.29, 0.717) is 0 Å². The molecule has 0 saturated carbocycles. The quantitative estimate of drug-likeness (QED) is 0.710. The van der Waals surface area contributed by atoms with E-state index in [-0.39, 0.29) is 12.1 Å². The summed E-state index contributed by atoms with van der Waals surface area (Å²) in [6.45, 7) is 7.21. The Balaban J connectivity index is 2.35. The van der Waals surface area contributed by atoms with Crippen molar-refractivity contribution in [2.45, 2.75) is 43.5 Å². The summed E-state index contributed by atoms with van der Waals surface area (Å²) in [5.74, 6) is 1.87. The molecule has 0 saturated heterocycles. The Morgan fingerprint density at radius 1 is 1.47 bits per heavy atom. The van der Waals surface area contributed by atoms with Crippen LogP contribution in [0, 0.1) is 0 Å². The predicted molar refractivity (Wildman–Crippen MR) is 73.8 cm³/mol. The van der Waals surface area contributed by atoms with Gasteiger partial charge in [0.1, 0.15) is 5.82 Å². The maximum atomic E-state index is 9.36. The summed E-state index contributed by atoms with van der Waals surface area (Å²) in [5, 5.41) is 12.7. The van der Waals surface area contributed by atoms with Crippen molar-refractivity contribution in [1.82, 2.24) is 14.7 Å². The van der Waals surface area contributed by atoms with Crippen LogP contribution in [0.15, 0.2) is 4.34 Å². The van der Waals surface area contributed by atoms with Crippen LogP contribution >= 0.6 is 23.3 Å². The molecule has 0 amide bonds. The first kappa shape index (κ1) is 14.9. The average Bonchev–Trinajstić information content (AvgIpc) is 2.77. The maximum Gasteiger partial charge on any atom is 0.170 e. The molecule has 1 rings (SSSR count). The van der Waals surface area contributed by atoms with Crippen molar-refractivity contribution >= 4 is 23.3 Å². The largest absolute Gasteiger partial charge is 0.394 e. The second kappa shape index (κ2) is 7.31. The van der Waals surface area contributed by atoms with E-state index in [9.17, 15) is 5.11 Å². The highest BCUT2D eigenvalue weighted by atomic mass is 32.2. The van der Waals surface area contributed by atoms with Gasteiger partial charge in [-0.05, 0) is 31.4 Å². The summed E-state index contributed by atoms with van der Waals surface area (Å²) in [6.07, 6.45) is 1.81. The first-order chi connectivity index (χ1) is 8.13. The molecule has 0 aliphatic carbocycles. The van der Waals surface area contributed by atoms with Crippen LogP contribution in [-0.4, -0.2) is 38.9 Å². The molecule has 1 heterocycles. The average molecular weight is 275 g/mol. The Morgan fingerprint density at radius 2 is 2.24 bits per heavy atom. The van der Waals surface area contributed by atoms with Crippen molar-refractivity contribution in [3.63, 3.8) is 0 Å². The van der Waals surface area contributed by atoms with E-state index >= 15 is 0 Å². The van der Waals surface area contributed by atoms with Gasteiger partial charge >= 0.3 is 0 Å². The first-order valence-corrected chi connectivity index (χ1v) is 7.70. The van der Waals surface area contributed by atoms with Gasteiger partial charge < -0.3 is 10.4 Å². The van der Waals surface area contributed by atoms with Gasteiger partial charge in [-0.2, -0.15) is 4.37 Å². The molecule has 0 aliphatic rings. The molecule has 17 heavy (non-hydrogen) atoms. The Bertz CT molecular complexity index is 332. The summed E-state index contributed by atoms with van der Waals surface area (Å²) in [4.78, 5) is 4.41. The van der Waals surface area contributed by atoms with Gasteiger partial charge in [-0.15, -0.1) is 0 Å². The number of nitrogens with one attached hydrogen (secondary N) is 1. The standard InChI is InChI=1S/C11H21N3OS2/c1-4-9-13-10(17-14-9)16-7-6-11(3,8-15)12-5-2/h12,15H,4-8H2,1-3H3. The Morgan fingerprint density at radius 3 is 2.76 bits per heavy atom. The fourth-order valence-corrected chi connectivity index (χ4v) is 3.42. The summed E-state index contributed by atoms with van der Waals surface area (Å²) in [5.41, 5.74) is -0.181. The number of hydrogen-bond acceptors (Lipinski definition) is 6. The van der Waals surface area contributed by atoms with Crippen molar-refractivity contribution in [2.75, 3.05) is 18.9 Å². The van der Waals surface area contributed by atoms with E-state index in [1.165, 1.54) is 11.5 Å². The van der Waals surface area contributed by atoms with Gasteiger partial charge in [-0.3, -0.25) is 0 Å². The lowest BCUT2D eigenvalue weighted by Gasteiger charge is -2.27. The van der Waals surface area contributed by atoms with Gasteiger partial charge in [0.15, 0.2) is 4.34 Å². The van der Waals surface area contributed by atoms with Gasteiger partial charge in [-0.25, -0.2) is 4.98 Å². The molecule has 1 aromatic rings. The van der Waals surface area contributed by atoms with Crippen LogP contribution in [0.3, 0.4) is 0 Å². The van der Waals surface area contributed by atoms with E-state index in [1.54, 1.807) is 11.8 Å². The van der Waals surface area contributed by atoms with E-state index < -0.39 is 0 Å². The smallest absolute Gasteiger partial charge is 0.170 e. The van der Waals surface area contributed by atoms with Crippen molar-refractivity contribution in [3.05, 3.63) is 5.82 Å². The molecule has 1 aromatic heterocycles. The van der Waals surface area contributed by atoms with Crippen LogP contribution in [0.2, 0.25) is 0 Å². The molecule has 0 aliphatic heterocycles. The first-order valence-electron chi connectivity index (χ1n) is 5.94. The Labute approximate surface area is 111 Å². The molecule has 0 radical (unpaired) electrons. The van der Waals surface area contributed by atoms with Gasteiger partial charge in [0, 0.05) is 17.7 Å². The van der Waals surface area contributed by atoms with Crippen molar-refractivity contribution in [1.29, 1.82) is 0 Å². The molecule has 1 unspecified atom stereocenters. The van der Waals surface area contributed by atoms with Crippen LogP contribution in [0.5, 0.6) is 0 Å². The molecule has 0 aromatic carbocycles. The zero-order valence-electron chi connectivity index (χ0n) is 10.7. The third-order valence-electron chi connectivity index (χ3n) is 2.60. The minimum atomic E-state index is -0.181. The Kier molecular flexibility index (Phi) is 6.40. The summed E-state index contributed by atoms with van der Waals surface area (Å²) in [6, 6.07) is 0. The third kappa shape index (κ3) is 4.91. The molecular weight excluding hydrogens is 254 g/mol. The van der Waals surface area contributed by atoms with E-state index in [1.807, 2.05) is 0 Å². The minimum absolute atomic E-state index is 0.164. The van der Waals surface area contributed by atoms with Crippen LogP contribution < -0.4 is 5.32 Å². The molecule has 1 atom stereocenters. The summed E-state index contributed by atoms with van der Waals surface area (Å²) in [7, 11) is 0. The van der Waals surface area contributed by atoms with Crippen LogP contribution in [-0.2, 0) is 6.42 Å². The van der Waals surface area contributed by atoms with Gasteiger partial charge in [0.05, 0.1) is 6.61 Å². The number of nitrogens with zero attached hydrogens (tertiary/aromatic N) is 2. The van der Waals surface area contributed by atoms with E-state index in [0.717, 1.165) is 35.3 Å². The second-order valence-electron chi connectivity index (χ2n) is 4.18. The molecule has 0 fully saturated rings. The van der Waals surface area contributed by atoms with Crippen LogP contribution in [0.25, 0.3) is 0 Å². The zero-order valence-corrected chi connectivity index (χ0v) is 12.3. The Hall–Kier alpha value is -0.170. The number of aliphatic hydroxyl groups is 1. The molecular formula is C11H21N3OS2. The lowest BCUT2D eigenvalue weighted by Crippen LogP contribution is -2.46. The van der Waals surface area contributed by atoms with Crippen molar-refractivity contribution in [3.8, 4) is 0 Å². The van der Waals surface area contributed by atoms with Crippen molar-refractivity contribution in [2.24, 2.45) is 0 Å². The van der Waals surface area contributed by atoms with E-state index in [4.69, 9.17) is 0 Å². The zero-order chi connectivity index (χ0) is 12.7. The van der Waals surface area contributed by atoms with Gasteiger partial charge in [-0.1, -0.05) is 25.6 Å². The van der Waals surface area contributed by atoms with Gasteiger partial charge in [0.2, 0.25) is 0 Å². The second-order valence-corrected chi connectivity index (χ2v) is 6.27. The van der Waals surface area contributed by atoms with Crippen LogP contribution in [0.4, 0.5) is 0 Å². The molecule has 0 spiro atoms. The number of rotatable bonds is 8. The molecule has 6 heteroatoms. The van der Waals surface area contributed by atoms with E-state index in [2.05, 4.69) is 35.4 Å². The number of hydrogen-bond donors (Lipinski definition) is 2. The third-order valence-corrected chi connectivity index (χ3v) is 4.47. The van der Waals surface area contributed by atoms with Gasteiger partial charge in [0.25, 0.3) is 0 Å². The maximum absolute atomic E-state index is 9.36. The molecule has 0 bridgehead atoms. The highest BCUT2D eigenvalue weighted by Crippen LogP contribution is 2.23. The monoisotopic (exact) mass is 275 g/mol. The summed E-state index contributed by atoms with van der Waals surface area (Å²) < 4.78 is 5.28. The number of aliphatic hydroxyl groups excluding tert-OH is 1. The number of aryl methyl sites for hydroxylation is 1. The lowest BCUT2D eigenvalue weighted by atomic mass is 10.0. The predicted octanol–water partition coefficient (Wildman–Crippen LogP) is 1.94. The number of thioether (sulfide) groups is 1. The number of aromatic nitrogens is 2. The highest BCUT2D eigenvalue weighted by Gasteiger charge is 2.21. The molecule has 4 nitrogen and oxygen atoms in total. The van der Waals surface area contributed by atoms with Crippen LogP contribution in [0.1, 0.15) is 33.0 Å². The normalized spacial score (nSPS) is 14.8.